The molecule has 1 aromatic rings. The Bertz CT molecular complexity index is 428. The summed E-state index contributed by atoms with van der Waals surface area (Å²) < 4.78 is 14.5. The fourth-order valence-corrected chi connectivity index (χ4v) is 1.48. The van der Waals surface area contributed by atoms with Crippen LogP contribution >= 0.6 is 0 Å². The number of benzene rings is 1. The van der Waals surface area contributed by atoms with Crippen LogP contribution in [0.5, 0.6) is 17.2 Å². The molecule has 0 aromatic heterocycles. The zero-order valence-corrected chi connectivity index (χ0v) is 8.47. The minimum Gasteiger partial charge on any atom is -0.507 e. The van der Waals surface area contributed by atoms with E-state index in [0.717, 1.165) is 7.11 Å². The molecule has 1 aliphatic heterocycles. The zero-order chi connectivity index (χ0) is 11.7. The molecule has 0 spiro atoms. The maximum Gasteiger partial charge on any atom is 0.339 e. The Morgan fingerprint density at radius 3 is 2.94 bits per heavy atom. The number of hydrogen-bond acceptors (Lipinski definition) is 6. The van der Waals surface area contributed by atoms with Crippen molar-refractivity contribution in [3.05, 3.63) is 17.7 Å². The van der Waals surface area contributed by atoms with Crippen LogP contribution in [0.1, 0.15) is 11.7 Å². The monoisotopic (exact) mass is 226 g/mol. The number of ether oxygens (including phenoxy) is 3. The SMILES string of the molecule is COC(=O)C(O)c1c(O)ccc2c1OCO2. The number of carbonyl (C=O) groups is 1. The number of phenols is 1. The molecular weight excluding hydrogens is 216 g/mol. The van der Waals surface area contributed by atoms with Crippen molar-refractivity contribution in [2.45, 2.75) is 6.10 Å². The molecule has 6 nitrogen and oxygen atoms in total. The molecule has 1 atom stereocenters. The van der Waals surface area contributed by atoms with Gasteiger partial charge in [0.15, 0.2) is 17.6 Å². The second-order valence-electron chi connectivity index (χ2n) is 3.16. The number of phenolic OH excluding ortho intramolecular Hbond substituents is 1. The molecule has 1 aromatic carbocycles. The van der Waals surface area contributed by atoms with Gasteiger partial charge in [-0.15, -0.1) is 0 Å². The van der Waals surface area contributed by atoms with Gasteiger partial charge in [-0.3, -0.25) is 0 Å². The van der Waals surface area contributed by atoms with Crippen LogP contribution in [-0.4, -0.2) is 30.1 Å². The molecular formula is C10H10O6. The highest BCUT2D eigenvalue weighted by atomic mass is 16.7. The van der Waals surface area contributed by atoms with Gasteiger partial charge in [0.2, 0.25) is 6.79 Å². The van der Waals surface area contributed by atoms with Crippen LogP contribution in [0.4, 0.5) is 0 Å². The third-order valence-corrected chi connectivity index (χ3v) is 2.25. The van der Waals surface area contributed by atoms with Crippen molar-refractivity contribution in [3.8, 4) is 17.2 Å². The summed E-state index contributed by atoms with van der Waals surface area (Å²) in [4.78, 5) is 11.2. The first-order valence-electron chi connectivity index (χ1n) is 4.52. The lowest BCUT2D eigenvalue weighted by Gasteiger charge is -2.12. The fraction of sp³-hybridized carbons (Fsp3) is 0.300. The maximum absolute atomic E-state index is 11.2. The molecule has 1 aliphatic rings. The Balaban J connectivity index is 2.47. The topological polar surface area (TPSA) is 85.2 Å². The number of aromatic hydroxyl groups is 1. The lowest BCUT2D eigenvalue weighted by atomic mass is 10.1. The molecule has 2 N–H and O–H groups in total. The average Bonchev–Trinajstić information content (AvgIpc) is 2.75. The van der Waals surface area contributed by atoms with Crippen LogP contribution in [0.25, 0.3) is 0 Å². The van der Waals surface area contributed by atoms with Gasteiger partial charge in [0, 0.05) is 0 Å². The standard InChI is InChI=1S/C10H10O6/c1-14-10(13)8(12)7-5(11)2-3-6-9(7)16-4-15-6/h2-3,8,11-12H,4H2,1H3. The van der Waals surface area contributed by atoms with Gasteiger partial charge in [-0.2, -0.15) is 0 Å². The highest BCUT2D eigenvalue weighted by Crippen LogP contribution is 2.43. The van der Waals surface area contributed by atoms with Gasteiger partial charge < -0.3 is 24.4 Å². The van der Waals surface area contributed by atoms with Gasteiger partial charge in [-0.05, 0) is 12.1 Å². The van der Waals surface area contributed by atoms with Crippen molar-refractivity contribution in [2.75, 3.05) is 13.9 Å². The Labute approximate surface area is 91.0 Å². The number of aliphatic hydroxyl groups excluding tert-OH is 1. The lowest BCUT2D eigenvalue weighted by Crippen LogP contribution is -2.14. The van der Waals surface area contributed by atoms with Crippen LogP contribution in [-0.2, 0) is 9.53 Å². The molecule has 16 heavy (non-hydrogen) atoms. The van der Waals surface area contributed by atoms with E-state index in [-0.39, 0.29) is 23.9 Å². The Hall–Kier alpha value is -1.95. The molecule has 0 amide bonds. The summed E-state index contributed by atoms with van der Waals surface area (Å²) in [6, 6.07) is 2.81. The van der Waals surface area contributed by atoms with Gasteiger partial charge in [0.1, 0.15) is 5.75 Å². The van der Waals surface area contributed by atoms with Crippen molar-refractivity contribution in [1.29, 1.82) is 0 Å². The molecule has 0 fully saturated rings. The molecule has 0 saturated carbocycles. The van der Waals surface area contributed by atoms with Crippen LogP contribution < -0.4 is 9.47 Å². The summed E-state index contributed by atoms with van der Waals surface area (Å²) in [6.45, 7) is -0.0142. The third kappa shape index (κ3) is 1.53. The highest BCUT2D eigenvalue weighted by Gasteiger charge is 2.30. The second-order valence-corrected chi connectivity index (χ2v) is 3.16. The summed E-state index contributed by atoms with van der Waals surface area (Å²) in [5.41, 5.74) is -0.0400. The zero-order valence-electron chi connectivity index (χ0n) is 8.47. The number of hydrogen-bond donors (Lipinski definition) is 2. The van der Waals surface area contributed by atoms with Crippen molar-refractivity contribution >= 4 is 5.97 Å². The van der Waals surface area contributed by atoms with Crippen molar-refractivity contribution in [2.24, 2.45) is 0 Å². The Kier molecular flexibility index (Phi) is 2.57. The van der Waals surface area contributed by atoms with E-state index in [1.54, 1.807) is 0 Å². The summed E-state index contributed by atoms with van der Waals surface area (Å²) in [6.07, 6.45) is -1.60. The van der Waals surface area contributed by atoms with Gasteiger partial charge in [-0.1, -0.05) is 0 Å². The first-order chi connectivity index (χ1) is 7.65. The third-order valence-electron chi connectivity index (χ3n) is 2.25. The van der Waals surface area contributed by atoms with Gasteiger partial charge >= 0.3 is 5.97 Å². The van der Waals surface area contributed by atoms with E-state index in [1.165, 1.54) is 12.1 Å². The largest absolute Gasteiger partial charge is 0.507 e. The van der Waals surface area contributed by atoms with E-state index in [0.29, 0.717) is 5.75 Å². The normalized spacial score (nSPS) is 14.6. The molecule has 1 heterocycles. The van der Waals surface area contributed by atoms with Crippen molar-refractivity contribution in [1.82, 2.24) is 0 Å². The lowest BCUT2D eigenvalue weighted by molar-refractivity contribution is -0.150. The summed E-state index contributed by atoms with van der Waals surface area (Å²) in [7, 11) is 1.14. The molecule has 0 radical (unpaired) electrons. The maximum atomic E-state index is 11.2. The van der Waals surface area contributed by atoms with E-state index in [4.69, 9.17) is 9.47 Å². The van der Waals surface area contributed by atoms with Crippen LogP contribution in [0.2, 0.25) is 0 Å². The van der Waals surface area contributed by atoms with Gasteiger partial charge in [0.05, 0.1) is 12.7 Å². The highest BCUT2D eigenvalue weighted by molar-refractivity contribution is 5.79. The van der Waals surface area contributed by atoms with Crippen LogP contribution in [0, 0.1) is 0 Å². The van der Waals surface area contributed by atoms with E-state index in [1.807, 2.05) is 0 Å². The quantitative estimate of drug-likeness (QED) is 0.707. The molecule has 6 heteroatoms. The fourth-order valence-electron chi connectivity index (χ4n) is 1.48. The number of rotatable bonds is 2. The average molecular weight is 226 g/mol. The minimum atomic E-state index is -1.60. The van der Waals surface area contributed by atoms with Crippen LogP contribution in [0.15, 0.2) is 12.1 Å². The molecule has 0 bridgehead atoms. The Morgan fingerprint density at radius 1 is 1.50 bits per heavy atom. The predicted molar refractivity (Wildman–Crippen MR) is 51.2 cm³/mol. The number of carbonyl (C=O) groups excluding carboxylic acids is 1. The van der Waals surface area contributed by atoms with E-state index in [2.05, 4.69) is 4.74 Å². The van der Waals surface area contributed by atoms with E-state index in [9.17, 15) is 15.0 Å². The molecule has 86 valence electrons. The summed E-state index contributed by atoms with van der Waals surface area (Å²) >= 11 is 0. The number of esters is 1. The molecule has 1 unspecified atom stereocenters. The summed E-state index contributed by atoms with van der Waals surface area (Å²) in [5.74, 6) is -0.588. The summed E-state index contributed by atoms with van der Waals surface area (Å²) in [5, 5.41) is 19.3. The van der Waals surface area contributed by atoms with Crippen molar-refractivity contribution in [3.63, 3.8) is 0 Å². The van der Waals surface area contributed by atoms with Crippen molar-refractivity contribution < 1.29 is 29.2 Å². The van der Waals surface area contributed by atoms with Gasteiger partial charge in [-0.25, -0.2) is 4.79 Å². The molecule has 0 saturated heterocycles. The Morgan fingerprint density at radius 2 is 2.25 bits per heavy atom. The van der Waals surface area contributed by atoms with Gasteiger partial charge in [0.25, 0.3) is 0 Å². The minimum absolute atomic E-state index is 0.0142. The van der Waals surface area contributed by atoms with E-state index < -0.39 is 12.1 Å². The van der Waals surface area contributed by atoms with E-state index >= 15 is 0 Å². The predicted octanol–water partition coefficient (Wildman–Crippen LogP) is 0.327. The number of aliphatic hydroxyl groups is 1. The molecule has 2 rings (SSSR count). The first kappa shape index (κ1) is 10.6. The molecule has 0 aliphatic carbocycles. The first-order valence-corrected chi connectivity index (χ1v) is 4.52. The number of fused-ring (bicyclic) bond motifs is 1. The number of methoxy groups -OCH3 is 1. The smallest absolute Gasteiger partial charge is 0.339 e. The van der Waals surface area contributed by atoms with Crippen LogP contribution in [0.3, 0.4) is 0 Å². The second kappa shape index (κ2) is 3.90.